The van der Waals surface area contributed by atoms with Gasteiger partial charge in [0.05, 0.1) is 5.92 Å². The van der Waals surface area contributed by atoms with Crippen LogP contribution in [-0.4, -0.2) is 12.0 Å². The quantitative estimate of drug-likeness (QED) is 0.630. The fourth-order valence-corrected chi connectivity index (χ4v) is 2.06. The van der Waals surface area contributed by atoms with Crippen molar-refractivity contribution in [1.82, 2.24) is 0 Å². The van der Waals surface area contributed by atoms with Gasteiger partial charge in [-0.1, -0.05) is 33.6 Å². The van der Waals surface area contributed by atoms with Crippen molar-refractivity contribution >= 4 is 5.78 Å². The Morgan fingerprint density at radius 2 is 2.00 bits per heavy atom. The zero-order chi connectivity index (χ0) is 11.4. The molecule has 0 heterocycles. The van der Waals surface area contributed by atoms with Gasteiger partial charge < -0.3 is 0 Å². The van der Waals surface area contributed by atoms with Crippen molar-refractivity contribution in [2.45, 2.75) is 59.0 Å². The molecule has 0 N–H and O–H groups in total. The highest BCUT2D eigenvalue weighted by Gasteiger charge is 2.43. The largest absolute Gasteiger partial charge is 0.299 e. The molecule has 0 aromatic carbocycles. The van der Waals surface area contributed by atoms with Crippen molar-refractivity contribution in [2.75, 3.05) is 0 Å². The van der Waals surface area contributed by atoms with Crippen LogP contribution in [0.4, 0.5) is 4.39 Å². The van der Waals surface area contributed by atoms with E-state index in [1.165, 1.54) is 6.42 Å². The first-order chi connectivity index (χ1) is 7.08. The monoisotopic (exact) mass is 214 g/mol. The van der Waals surface area contributed by atoms with Crippen molar-refractivity contribution < 1.29 is 9.18 Å². The van der Waals surface area contributed by atoms with Crippen LogP contribution in [0.5, 0.6) is 0 Å². The van der Waals surface area contributed by atoms with Crippen LogP contribution >= 0.6 is 0 Å². The van der Waals surface area contributed by atoms with Crippen molar-refractivity contribution in [1.29, 1.82) is 0 Å². The second kappa shape index (κ2) is 5.62. The highest BCUT2D eigenvalue weighted by molar-refractivity contribution is 5.84. The van der Waals surface area contributed by atoms with Crippen LogP contribution < -0.4 is 0 Å². The Labute approximate surface area is 92.4 Å². The summed E-state index contributed by atoms with van der Waals surface area (Å²) in [6.45, 7) is 6.53. The van der Waals surface area contributed by atoms with Gasteiger partial charge in [0.15, 0.2) is 0 Å². The second-order valence-electron chi connectivity index (χ2n) is 5.05. The molecule has 1 aliphatic carbocycles. The van der Waals surface area contributed by atoms with E-state index in [9.17, 15) is 9.18 Å². The number of halogens is 1. The molecule has 1 nitrogen and oxygen atoms in total. The smallest absolute Gasteiger partial charge is 0.139 e. The lowest BCUT2D eigenvalue weighted by molar-refractivity contribution is -0.121. The summed E-state index contributed by atoms with van der Waals surface area (Å²) >= 11 is 0. The maximum Gasteiger partial charge on any atom is 0.139 e. The van der Waals surface area contributed by atoms with Crippen molar-refractivity contribution in [3.8, 4) is 0 Å². The molecule has 0 aromatic rings. The number of ketones is 1. The third-order valence-electron chi connectivity index (χ3n) is 3.63. The summed E-state index contributed by atoms with van der Waals surface area (Å²) in [6, 6.07) is 0. The molecule has 2 heteroatoms. The molecule has 4 atom stereocenters. The summed E-state index contributed by atoms with van der Waals surface area (Å²) in [5.74, 6) is 1.08. The fourth-order valence-electron chi connectivity index (χ4n) is 2.06. The first-order valence-corrected chi connectivity index (χ1v) is 6.25. The maximum absolute atomic E-state index is 12.7. The Morgan fingerprint density at radius 1 is 1.40 bits per heavy atom. The number of carbonyl (C=O) groups excluding carboxylic acids is 1. The van der Waals surface area contributed by atoms with Crippen LogP contribution in [-0.2, 0) is 4.79 Å². The van der Waals surface area contributed by atoms with Crippen LogP contribution in [0.1, 0.15) is 52.9 Å². The average molecular weight is 214 g/mol. The number of rotatable bonds is 7. The van der Waals surface area contributed by atoms with Crippen LogP contribution in [0.25, 0.3) is 0 Å². The molecule has 0 bridgehead atoms. The van der Waals surface area contributed by atoms with Crippen LogP contribution in [0, 0.1) is 17.8 Å². The van der Waals surface area contributed by atoms with Crippen molar-refractivity contribution in [2.24, 2.45) is 17.8 Å². The summed E-state index contributed by atoms with van der Waals surface area (Å²) in [5.41, 5.74) is 0. The summed E-state index contributed by atoms with van der Waals surface area (Å²) in [7, 11) is 0. The maximum atomic E-state index is 12.7. The first-order valence-electron chi connectivity index (χ1n) is 6.25. The molecule has 0 aliphatic heterocycles. The van der Waals surface area contributed by atoms with Crippen LogP contribution in [0.15, 0.2) is 0 Å². The molecule has 88 valence electrons. The molecule has 0 aromatic heterocycles. The molecule has 0 spiro atoms. The molecule has 0 radical (unpaired) electrons. The summed E-state index contributed by atoms with van der Waals surface area (Å²) in [4.78, 5) is 11.6. The van der Waals surface area contributed by atoms with E-state index in [1.54, 1.807) is 0 Å². The van der Waals surface area contributed by atoms with Crippen LogP contribution in [0.2, 0.25) is 0 Å². The Bertz CT molecular complexity index is 215. The Hall–Kier alpha value is -0.400. The van der Waals surface area contributed by atoms with E-state index in [-0.39, 0.29) is 11.7 Å². The van der Waals surface area contributed by atoms with E-state index in [0.29, 0.717) is 24.7 Å². The van der Waals surface area contributed by atoms with Gasteiger partial charge in [0.25, 0.3) is 0 Å². The molecule has 15 heavy (non-hydrogen) atoms. The van der Waals surface area contributed by atoms with Gasteiger partial charge in [0.2, 0.25) is 0 Å². The molecular weight excluding hydrogens is 191 g/mol. The Kier molecular flexibility index (Phi) is 4.75. The zero-order valence-corrected chi connectivity index (χ0v) is 10.1. The highest BCUT2D eigenvalue weighted by Crippen LogP contribution is 2.37. The Morgan fingerprint density at radius 3 is 2.40 bits per heavy atom. The molecule has 1 aliphatic rings. The van der Waals surface area contributed by atoms with Gasteiger partial charge in [0.1, 0.15) is 12.0 Å². The molecule has 2 unspecified atom stereocenters. The van der Waals surface area contributed by atoms with E-state index >= 15 is 0 Å². The van der Waals surface area contributed by atoms with Gasteiger partial charge in [-0.3, -0.25) is 4.79 Å². The molecular formula is C13H23FO. The number of alkyl halides is 1. The average Bonchev–Trinajstić information content (AvgIpc) is 2.94. The predicted molar refractivity (Wildman–Crippen MR) is 60.5 cm³/mol. The van der Waals surface area contributed by atoms with Gasteiger partial charge in [0, 0.05) is 6.42 Å². The standard InChI is InChI=1S/C13H23FO/c1-4-9(3)6-10(5-2)7-13(15)11-8-12(11)14/h9-12H,4-8H2,1-3H3/t9?,10?,11-,12+/m0/s1. The zero-order valence-electron chi connectivity index (χ0n) is 10.1. The minimum atomic E-state index is -0.821. The number of hydrogen-bond donors (Lipinski definition) is 0. The lowest BCUT2D eigenvalue weighted by atomic mass is 9.87. The molecule has 0 saturated heterocycles. The van der Waals surface area contributed by atoms with Gasteiger partial charge >= 0.3 is 0 Å². The molecule has 1 fully saturated rings. The van der Waals surface area contributed by atoms with Crippen molar-refractivity contribution in [3.05, 3.63) is 0 Å². The van der Waals surface area contributed by atoms with Gasteiger partial charge in [-0.15, -0.1) is 0 Å². The summed E-state index contributed by atoms with van der Waals surface area (Å²) < 4.78 is 12.7. The van der Waals surface area contributed by atoms with E-state index in [0.717, 1.165) is 12.8 Å². The second-order valence-corrected chi connectivity index (χ2v) is 5.05. The lowest BCUT2D eigenvalue weighted by Crippen LogP contribution is -2.13. The van der Waals surface area contributed by atoms with Gasteiger partial charge in [-0.05, 0) is 24.7 Å². The summed E-state index contributed by atoms with van der Waals surface area (Å²) in [5, 5.41) is 0. The number of hydrogen-bond acceptors (Lipinski definition) is 1. The third kappa shape index (κ3) is 3.92. The lowest BCUT2D eigenvalue weighted by Gasteiger charge is -2.17. The number of carbonyl (C=O) groups is 1. The minimum Gasteiger partial charge on any atom is -0.299 e. The third-order valence-corrected chi connectivity index (χ3v) is 3.63. The molecule has 0 amide bonds. The van der Waals surface area contributed by atoms with E-state index in [2.05, 4.69) is 20.8 Å². The van der Waals surface area contributed by atoms with Gasteiger partial charge in [-0.2, -0.15) is 0 Å². The van der Waals surface area contributed by atoms with E-state index in [1.807, 2.05) is 0 Å². The topological polar surface area (TPSA) is 17.1 Å². The van der Waals surface area contributed by atoms with E-state index in [4.69, 9.17) is 0 Å². The normalized spacial score (nSPS) is 28.5. The summed E-state index contributed by atoms with van der Waals surface area (Å²) in [6.07, 6.45) is 3.59. The first kappa shape index (κ1) is 12.7. The number of Topliss-reactive ketones (excluding diaryl/α,β-unsaturated/α-hetero) is 1. The predicted octanol–water partition coefficient (Wildman–Crippen LogP) is 3.77. The minimum absolute atomic E-state index is 0.164. The van der Waals surface area contributed by atoms with Gasteiger partial charge in [-0.25, -0.2) is 4.39 Å². The highest BCUT2D eigenvalue weighted by atomic mass is 19.1. The fraction of sp³-hybridized carbons (Fsp3) is 0.923. The van der Waals surface area contributed by atoms with E-state index < -0.39 is 6.17 Å². The Balaban J connectivity index is 2.29. The molecule has 1 rings (SSSR count). The van der Waals surface area contributed by atoms with Crippen molar-refractivity contribution in [3.63, 3.8) is 0 Å². The SMILES string of the molecule is CCC(C)CC(CC)CC(=O)[C@H]1C[C@H]1F. The molecule has 1 saturated carbocycles. The van der Waals surface area contributed by atoms with Crippen LogP contribution in [0.3, 0.4) is 0 Å².